The van der Waals surface area contributed by atoms with Gasteiger partial charge in [-0.25, -0.2) is 0 Å². The lowest BCUT2D eigenvalue weighted by Gasteiger charge is -2.24. The minimum atomic E-state index is -0.744. The molecular weight excluding hydrogens is 317 g/mol. The fourth-order valence-corrected chi connectivity index (χ4v) is 2.86. The molecule has 2 rings (SSSR count). The number of benzene rings is 1. The molecule has 1 aliphatic rings. The van der Waals surface area contributed by atoms with E-state index in [-0.39, 0.29) is 0 Å². The van der Waals surface area contributed by atoms with Crippen molar-refractivity contribution >= 4 is 28.6 Å². The van der Waals surface area contributed by atoms with Gasteiger partial charge in [-0.05, 0) is 60.2 Å². The van der Waals surface area contributed by atoms with E-state index < -0.39 is 12.0 Å². The van der Waals surface area contributed by atoms with Gasteiger partial charge in [0.25, 0.3) is 0 Å². The van der Waals surface area contributed by atoms with Crippen LogP contribution in [-0.4, -0.2) is 29.1 Å². The van der Waals surface area contributed by atoms with E-state index in [1.165, 1.54) is 0 Å². The Hall–Kier alpha value is -0.620. The first-order valence-corrected chi connectivity index (χ1v) is 6.49. The van der Waals surface area contributed by atoms with Crippen molar-refractivity contribution in [1.29, 1.82) is 0 Å². The normalized spacial score (nSPS) is 18.6. The fraction of sp³-hybridized carbons (Fsp3) is 0.417. The predicted octanol–water partition coefficient (Wildman–Crippen LogP) is 2.51. The summed E-state index contributed by atoms with van der Waals surface area (Å²) < 4.78 is 1.03. The van der Waals surface area contributed by atoms with Crippen molar-refractivity contribution < 1.29 is 9.90 Å². The zero-order valence-electron chi connectivity index (χ0n) is 8.90. The summed E-state index contributed by atoms with van der Waals surface area (Å²) in [7, 11) is 0. The molecule has 0 spiro atoms. The summed E-state index contributed by atoms with van der Waals surface area (Å²) in [6.07, 6.45) is 2.21. The molecule has 1 saturated heterocycles. The van der Waals surface area contributed by atoms with E-state index in [1.807, 2.05) is 24.3 Å². The molecule has 1 unspecified atom stereocenters. The molecular formula is C12H14INO2. The Morgan fingerprint density at radius 3 is 2.50 bits per heavy atom. The number of likely N-dealkylation sites (tertiary alicyclic amines) is 1. The summed E-state index contributed by atoms with van der Waals surface area (Å²) in [6, 6.07) is 7.24. The highest BCUT2D eigenvalue weighted by Crippen LogP contribution is 2.28. The Morgan fingerprint density at radius 2 is 1.94 bits per heavy atom. The Bertz CT molecular complexity index is 388. The predicted molar refractivity (Wildman–Crippen MR) is 70.3 cm³/mol. The molecule has 1 fully saturated rings. The van der Waals surface area contributed by atoms with Crippen LogP contribution in [0.15, 0.2) is 24.3 Å². The first kappa shape index (κ1) is 11.9. The first-order valence-electron chi connectivity index (χ1n) is 5.41. The van der Waals surface area contributed by atoms with Crippen LogP contribution < -0.4 is 0 Å². The molecule has 3 nitrogen and oxygen atoms in total. The van der Waals surface area contributed by atoms with Gasteiger partial charge in [0, 0.05) is 3.57 Å². The van der Waals surface area contributed by atoms with Crippen LogP contribution in [0.1, 0.15) is 24.4 Å². The highest BCUT2D eigenvalue weighted by atomic mass is 127. The zero-order valence-corrected chi connectivity index (χ0v) is 11.1. The molecule has 0 bridgehead atoms. The highest BCUT2D eigenvalue weighted by Gasteiger charge is 2.30. The number of halogens is 1. The van der Waals surface area contributed by atoms with Gasteiger partial charge in [-0.3, -0.25) is 9.69 Å². The van der Waals surface area contributed by atoms with E-state index in [9.17, 15) is 9.90 Å². The van der Waals surface area contributed by atoms with Gasteiger partial charge in [-0.2, -0.15) is 0 Å². The van der Waals surface area contributed by atoms with E-state index in [0.717, 1.165) is 35.1 Å². The minimum absolute atomic E-state index is 0.476. The second-order valence-corrected chi connectivity index (χ2v) is 5.17. The monoisotopic (exact) mass is 331 g/mol. The van der Waals surface area contributed by atoms with Crippen molar-refractivity contribution in [2.24, 2.45) is 0 Å². The largest absolute Gasteiger partial charge is 0.480 e. The maximum absolute atomic E-state index is 11.4. The van der Waals surface area contributed by atoms with Crippen LogP contribution >= 0.6 is 22.6 Å². The molecule has 0 amide bonds. The third-order valence-corrected chi connectivity index (χ3v) is 3.92. The van der Waals surface area contributed by atoms with E-state index in [4.69, 9.17) is 0 Å². The summed E-state index contributed by atoms with van der Waals surface area (Å²) in [5, 5.41) is 9.37. The Kier molecular flexibility index (Phi) is 3.81. The molecule has 0 radical (unpaired) electrons. The molecule has 0 saturated carbocycles. The number of rotatable bonds is 3. The SMILES string of the molecule is O=C(O)C(c1ccccc1I)N1CCCC1. The third-order valence-electron chi connectivity index (χ3n) is 2.94. The van der Waals surface area contributed by atoms with Gasteiger partial charge in [0.1, 0.15) is 6.04 Å². The molecule has 1 atom stereocenters. The van der Waals surface area contributed by atoms with Crippen molar-refractivity contribution in [1.82, 2.24) is 4.90 Å². The molecule has 4 heteroatoms. The van der Waals surface area contributed by atoms with E-state index in [2.05, 4.69) is 27.5 Å². The van der Waals surface area contributed by atoms with Gasteiger partial charge in [0.2, 0.25) is 0 Å². The quantitative estimate of drug-likeness (QED) is 0.866. The number of nitrogens with zero attached hydrogens (tertiary/aromatic N) is 1. The third kappa shape index (κ3) is 2.38. The van der Waals surface area contributed by atoms with Crippen LogP contribution in [-0.2, 0) is 4.79 Å². The molecule has 1 aromatic carbocycles. The lowest BCUT2D eigenvalue weighted by atomic mass is 10.1. The maximum Gasteiger partial charge on any atom is 0.325 e. The average Bonchev–Trinajstić information content (AvgIpc) is 2.74. The standard InChI is InChI=1S/C12H14INO2/c13-10-6-2-1-5-9(10)11(12(15)16)14-7-3-4-8-14/h1-2,5-6,11H,3-4,7-8H2,(H,15,16). The number of hydrogen-bond acceptors (Lipinski definition) is 2. The zero-order chi connectivity index (χ0) is 11.5. The molecule has 1 aliphatic heterocycles. The highest BCUT2D eigenvalue weighted by molar-refractivity contribution is 14.1. The lowest BCUT2D eigenvalue weighted by Crippen LogP contribution is -2.32. The van der Waals surface area contributed by atoms with Crippen molar-refractivity contribution in [3.05, 3.63) is 33.4 Å². The first-order chi connectivity index (χ1) is 7.70. The molecule has 16 heavy (non-hydrogen) atoms. The number of carboxylic acids is 1. The summed E-state index contributed by atoms with van der Waals surface area (Å²) in [6.45, 7) is 1.78. The minimum Gasteiger partial charge on any atom is -0.480 e. The van der Waals surface area contributed by atoms with Gasteiger partial charge >= 0.3 is 5.97 Å². The molecule has 86 valence electrons. The topological polar surface area (TPSA) is 40.5 Å². The molecule has 1 heterocycles. The van der Waals surface area contributed by atoms with Crippen LogP contribution in [0.5, 0.6) is 0 Å². The van der Waals surface area contributed by atoms with Crippen molar-refractivity contribution in [2.45, 2.75) is 18.9 Å². The molecule has 1 N–H and O–H groups in total. The van der Waals surface area contributed by atoms with Gasteiger partial charge in [-0.15, -0.1) is 0 Å². The van der Waals surface area contributed by atoms with Gasteiger partial charge in [0.15, 0.2) is 0 Å². The maximum atomic E-state index is 11.4. The van der Waals surface area contributed by atoms with Gasteiger partial charge in [-0.1, -0.05) is 18.2 Å². The average molecular weight is 331 g/mol. The Balaban J connectivity index is 2.32. The van der Waals surface area contributed by atoms with Crippen molar-refractivity contribution in [2.75, 3.05) is 13.1 Å². The van der Waals surface area contributed by atoms with Crippen molar-refractivity contribution in [3.8, 4) is 0 Å². The Morgan fingerprint density at radius 1 is 1.31 bits per heavy atom. The fourth-order valence-electron chi connectivity index (χ4n) is 2.18. The number of aliphatic carboxylic acids is 1. The molecule has 0 aromatic heterocycles. The van der Waals surface area contributed by atoms with Crippen LogP contribution in [0.3, 0.4) is 0 Å². The van der Waals surface area contributed by atoms with E-state index in [1.54, 1.807) is 0 Å². The number of carbonyl (C=O) groups is 1. The second kappa shape index (κ2) is 5.14. The van der Waals surface area contributed by atoms with E-state index in [0.29, 0.717) is 0 Å². The molecule has 1 aromatic rings. The van der Waals surface area contributed by atoms with Gasteiger partial charge < -0.3 is 5.11 Å². The molecule has 0 aliphatic carbocycles. The van der Waals surface area contributed by atoms with Gasteiger partial charge in [0.05, 0.1) is 0 Å². The summed E-state index contributed by atoms with van der Waals surface area (Å²) in [5.74, 6) is -0.744. The second-order valence-electron chi connectivity index (χ2n) is 4.01. The van der Waals surface area contributed by atoms with Crippen molar-refractivity contribution in [3.63, 3.8) is 0 Å². The number of hydrogen-bond donors (Lipinski definition) is 1. The lowest BCUT2D eigenvalue weighted by molar-refractivity contribution is -0.143. The Labute approximate surface area is 109 Å². The smallest absolute Gasteiger partial charge is 0.325 e. The number of carboxylic acid groups (broad SMARTS) is 1. The van der Waals surface area contributed by atoms with Crippen LogP contribution in [0, 0.1) is 3.57 Å². The van der Waals surface area contributed by atoms with Crippen LogP contribution in [0.2, 0.25) is 0 Å². The van der Waals surface area contributed by atoms with Crippen LogP contribution in [0.25, 0.3) is 0 Å². The summed E-state index contributed by atoms with van der Waals surface area (Å²) in [5.41, 5.74) is 0.914. The van der Waals surface area contributed by atoms with E-state index >= 15 is 0 Å². The summed E-state index contributed by atoms with van der Waals surface area (Å²) >= 11 is 2.21. The van der Waals surface area contributed by atoms with Crippen LogP contribution in [0.4, 0.5) is 0 Å². The summed E-state index contributed by atoms with van der Waals surface area (Å²) in [4.78, 5) is 13.4.